The first-order valence-electron chi connectivity index (χ1n) is 4.19. The SMILES string of the molecule is COC(=O)C=Cc1c(C)cccc1O. The molecular formula is C11H12O3. The molecule has 1 aromatic rings. The third-order valence-electron chi connectivity index (χ3n) is 1.89. The van der Waals surface area contributed by atoms with Crippen LogP contribution in [0.3, 0.4) is 0 Å². The molecule has 0 saturated heterocycles. The number of methoxy groups -OCH3 is 1. The molecule has 0 spiro atoms. The summed E-state index contributed by atoms with van der Waals surface area (Å²) < 4.78 is 4.44. The summed E-state index contributed by atoms with van der Waals surface area (Å²) in [5, 5.41) is 9.47. The van der Waals surface area contributed by atoms with Gasteiger partial charge in [-0.3, -0.25) is 0 Å². The van der Waals surface area contributed by atoms with Gasteiger partial charge in [-0.2, -0.15) is 0 Å². The number of phenols is 1. The highest BCUT2D eigenvalue weighted by Crippen LogP contribution is 2.21. The van der Waals surface area contributed by atoms with Crippen LogP contribution in [0.25, 0.3) is 6.08 Å². The van der Waals surface area contributed by atoms with E-state index in [-0.39, 0.29) is 5.75 Å². The van der Waals surface area contributed by atoms with Crippen molar-refractivity contribution in [2.45, 2.75) is 6.92 Å². The van der Waals surface area contributed by atoms with E-state index in [9.17, 15) is 9.90 Å². The standard InChI is InChI=1S/C11H12O3/c1-8-4-3-5-10(12)9(8)6-7-11(13)14-2/h3-7,12H,1-2H3. The molecule has 3 nitrogen and oxygen atoms in total. The number of hydrogen-bond donors (Lipinski definition) is 1. The van der Waals surface area contributed by atoms with E-state index >= 15 is 0 Å². The number of aryl methyl sites for hydroxylation is 1. The predicted octanol–water partition coefficient (Wildman–Crippen LogP) is 1.89. The number of benzene rings is 1. The molecule has 0 saturated carbocycles. The minimum absolute atomic E-state index is 0.158. The van der Waals surface area contributed by atoms with E-state index in [0.29, 0.717) is 5.56 Å². The predicted molar refractivity (Wildman–Crippen MR) is 53.9 cm³/mol. The average Bonchev–Trinajstić information content (AvgIpc) is 2.16. The molecule has 0 atom stereocenters. The maximum Gasteiger partial charge on any atom is 0.330 e. The Labute approximate surface area is 82.6 Å². The molecule has 0 aliphatic heterocycles. The molecule has 1 aromatic carbocycles. The molecule has 0 bridgehead atoms. The summed E-state index contributed by atoms with van der Waals surface area (Å²) >= 11 is 0. The van der Waals surface area contributed by atoms with Crippen LogP contribution >= 0.6 is 0 Å². The van der Waals surface area contributed by atoms with Crippen LogP contribution in [0.15, 0.2) is 24.3 Å². The summed E-state index contributed by atoms with van der Waals surface area (Å²) in [6.45, 7) is 1.86. The highest BCUT2D eigenvalue weighted by Gasteiger charge is 2.00. The smallest absolute Gasteiger partial charge is 0.330 e. The fraction of sp³-hybridized carbons (Fsp3) is 0.182. The third-order valence-corrected chi connectivity index (χ3v) is 1.89. The van der Waals surface area contributed by atoms with Gasteiger partial charge in [-0.25, -0.2) is 4.79 Å². The van der Waals surface area contributed by atoms with E-state index in [0.717, 1.165) is 5.56 Å². The average molecular weight is 192 g/mol. The second kappa shape index (κ2) is 4.46. The van der Waals surface area contributed by atoms with Crippen molar-refractivity contribution in [1.29, 1.82) is 0 Å². The number of esters is 1. The second-order valence-electron chi connectivity index (χ2n) is 2.86. The van der Waals surface area contributed by atoms with Crippen molar-refractivity contribution in [3.63, 3.8) is 0 Å². The lowest BCUT2D eigenvalue weighted by Gasteiger charge is -2.02. The quantitative estimate of drug-likeness (QED) is 0.575. The lowest BCUT2D eigenvalue weighted by atomic mass is 10.1. The van der Waals surface area contributed by atoms with Crippen molar-refractivity contribution in [1.82, 2.24) is 0 Å². The van der Waals surface area contributed by atoms with Crippen LogP contribution in [0.2, 0.25) is 0 Å². The molecule has 0 fully saturated rings. The molecule has 0 heterocycles. The maximum atomic E-state index is 10.8. The summed E-state index contributed by atoms with van der Waals surface area (Å²) in [7, 11) is 1.31. The van der Waals surface area contributed by atoms with E-state index in [1.54, 1.807) is 12.1 Å². The van der Waals surface area contributed by atoms with Gasteiger partial charge >= 0.3 is 5.97 Å². The van der Waals surface area contributed by atoms with Gasteiger partial charge in [0.25, 0.3) is 0 Å². The second-order valence-corrected chi connectivity index (χ2v) is 2.86. The number of carbonyl (C=O) groups is 1. The van der Waals surface area contributed by atoms with Gasteiger partial charge in [-0.15, -0.1) is 0 Å². The van der Waals surface area contributed by atoms with Gasteiger partial charge in [0.2, 0.25) is 0 Å². The van der Waals surface area contributed by atoms with E-state index < -0.39 is 5.97 Å². The lowest BCUT2D eigenvalue weighted by molar-refractivity contribution is -0.134. The van der Waals surface area contributed by atoms with Crippen molar-refractivity contribution in [2.75, 3.05) is 7.11 Å². The van der Waals surface area contributed by atoms with Crippen LogP contribution in [0, 0.1) is 6.92 Å². The Morgan fingerprint density at radius 1 is 1.50 bits per heavy atom. The van der Waals surface area contributed by atoms with Gasteiger partial charge in [0, 0.05) is 11.6 Å². The Morgan fingerprint density at radius 3 is 2.79 bits per heavy atom. The molecule has 74 valence electrons. The number of aromatic hydroxyl groups is 1. The van der Waals surface area contributed by atoms with E-state index in [1.807, 2.05) is 13.0 Å². The summed E-state index contributed by atoms with van der Waals surface area (Å²) in [6.07, 6.45) is 2.82. The molecule has 0 aliphatic carbocycles. The molecule has 1 N–H and O–H groups in total. The minimum atomic E-state index is -0.437. The Hall–Kier alpha value is -1.77. The molecule has 0 aliphatic rings. The van der Waals surface area contributed by atoms with Gasteiger partial charge in [0.15, 0.2) is 0 Å². The topological polar surface area (TPSA) is 46.5 Å². The molecule has 0 aromatic heterocycles. The minimum Gasteiger partial charge on any atom is -0.507 e. The maximum absolute atomic E-state index is 10.8. The van der Waals surface area contributed by atoms with Crippen molar-refractivity contribution in [3.8, 4) is 5.75 Å². The number of carbonyl (C=O) groups excluding carboxylic acids is 1. The van der Waals surface area contributed by atoms with Crippen LogP contribution in [-0.4, -0.2) is 18.2 Å². The van der Waals surface area contributed by atoms with Crippen LogP contribution < -0.4 is 0 Å². The van der Waals surface area contributed by atoms with E-state index in [4.69, 9.17) is 0 Å². The number of phenolic OH excluding ortho intramolecular Hbond substituents is 1. The van der Waals surface area contributed by atoms with Crippen LogP contribution in [-0.2, 0) is 9.53 Å². The van der Waals surface area contributed by atoms with Gasteiger partial charge in [0.1, 0.15) is 5.75 Å². The molecule has 1 rings (SSSR count). The van der Waals surface area contributed by atoms with Crippen molar-refractivity contribution < 1.29 is 14.6 Å². The first-order valence-corrected chi connectivity index (χ1v) is 4.19. The van der Waals surface area contributed by atoms with Gasteiger partial charge in [-0.1, -0.05) is 12.1 Å². The zero-order chi connectivity index (χ0) is 10.6. The van der Waals surface area contributed by atoms with E-state index in [1.165, 1.54) is 19.3 Å². The normalized spacial score (nSPS) is 10.4. The lowest BCUT2D eigenvalue weighted by Crippen LogP contribution is -1.93. The Bertz CT molecular complexity index is 347. The number of ether oxygens (including phenoxy) is 1. The first-order chi connectivity index (χ1) is 6.65. The summed E-state index contributed by atoms with van der Waals surface area (Å²) in [5.74, 6) is -0.280. The number of hydrogen-bond acceptors (Lipinski definition) is 3. The van der Waals surface area contributed by atoms with Crippen LogP contribution in [0.4, 0.5) is 0 Å². The van der Waals surface area contributed by atoms with E-state index in [2.05, 4.69) is 4.74 Å². The summed E-state index contributed by atoms with van der Waals surface area (Å²) in [6, 6.07) is 5.18. The summed E-state index contributed by atoms with van der Waals surface area (Å²) in [4.78, 5) is 10.8. The van der Waals surface area contributed by atoms with Crippen molar-refractivity contribution in [2.24, 2.45) is 0 Å². The van der Waals surface area contributed by atoms with Gasteiger partial charge in [0.05, 0.1) is 7.11 Å². The van der Waals surface area contributed by atoms with Crippen molar-refractivity contribution >= 4 is 12.0 Å². The third kappa shape index (κ3) is 2.36. The van der Waals surface area contributed by atoms with Crippen LogP contribution in [0.1, 0.15) is 11.1 Å². The fourth-order valence-electron chi connectivity index (χ4n) is 1.10. The monoisotopic (exact) mass is 192 g/mol. The number of rotatable bonds is 2. The molecule has 0 unspecified atom stereocenters. The highest BCUT2D eigenvalue weighted by atomic mass is 16.5. The van der Waals surface area contributed by atoms with Crippen molar-refractivity contribution in [3.05, 3.63) is 35.4 Å². The highest BCUT2D eigenvalue weighted by molar-refractivity contribution is 5.87. The Balaban J connectivity index is 2.96. The van der Waals surface area contributed by atoms with Gasteiger partial charge in [-0.05, 0) is 24.6 Å². The zero-order valence-corrected chi connectivity index (χ0v) is 8.15. The van der Waals surface area contributed by atoms with Gasteiger partial charge < -0.3 is 9.84 Å². The largest absolute Gasteiger partial charge is 0.507 e. The fourth-order valence-corrected chi connectivity index (χ4v) is 1.10. The zero-order valence-electron chi connectivity index (χ0n) is 8.15. The molecule has 0 amide bonds. The first kappa shape index (κ1) is 10.3. The Morgan fingerprint density at radius 2 is 2.21 bits per heavy atom. The van der Waals surface area contributed by atoms with Crippen LogP contribution in [0.5, 0.6) is 5.75 Å². The molecule has 3 heteroatoms. The summed E-state index contributed by atoms with van der Waals surface area (Å²) in [5.41, 5.74) is 1.54. The molecule has 0 radical (unpaired) electrons. The molecule has 14 heavy (non-hydrogen) atoms. The molecular weight excluding hydrogens is 180 g/mol. The Kier molecular flexibility index (Phi) is 3.29.